The van der Waals surface area contributed by atoms with Crippen molar-refractivity contribution in [2.45, 2.75) is 18.5 Å². The molecule has 156 valence electrons. The minimum atomic E-state index is -0.864. The van der Waals surface area contributed by atoms with Crippen molar-refractivity contribution >= 4 is 40.0 Å². The Morgan fingerprint density at radius 1 is 1.27 bits per heavy atom. The van der Waals surface area contributed by atoms with Crippen LogP contribution in [-0.4, -0.2) is 59.3 Å². The Morgan fingerprint density at radius 3 is 2.87 bits per heavy atom. The second kappa shape index (κ2) is 8.68. The van der Waals surface area contributed by atoms with E-state index in [4.69, 9.17) is 5.73 Å². The number of H-pyrrole nitrogens is 1. The van der Waals surface area contributed by atoms with Crippen LogP contribution in [0, 0.1) is 0 Å². The number of benzene rings is 1. The quantitative estimate of drug-likeness (QED) is 0.437. The number of aromatic amines is 1. The summed E-state index contributed by atoms with van der Waals surface area (Å²) in [7, 11) is 0. The summed E-state index contributed by atoms with van der Waals surface area (Å²) in [4.78, 5) is 43.3. The van der Waals surface area contributed by atoms with Gasteiger partial charge in [-0.3, -0.25) is 14.4 Å². The summed E-state index contributed by atoms with van der Waals surface area (Å²) in [6.07, 6.45) is 2.11. The molecule has 0 spiro atoms. The normalized spacial score (nSPS) is 17.6. The number of para-hydroxylation sites is 1. The van der Waals surface area contributed by atoms with E-state index >= 15 is 0 Å². The fourth-order valence-corrected chi connectivity index (χ4v) is 4.51. The Labute approximate surface area is 177 Å². The van der Waals surface area contributed by atoms with Gasteiger partial charge in [-0.2, -0.15) is 0 Å². The molecular weight excluding hydrogens is 402 g/mol. The van der Waals surface area contributed by atoms with Crippen molar-refractivity contribution in [2.24, 2.45) is 5.73 Å². The Kier molecular flexibility index (Phi) is 5.82. The van der Waals surface area contributed by atoms with E-state index in [1.807, 2.05) is 47.2 Å². The Morgan fingerprint density at radius 2 is 2.10 bits per heavy atom. The summed E-state index contributed by atoms with van der Waals surface area (Å²) < 4.78 is 0. The Bertz CT molecular complexity index is 1060. The van der Waals surface area contributed by atoms with Gasteiger partial charge in [-0.05, 0) is 23.1 Å². The van der Waals surface area contributed by atoms with Gasteiger partial charge in [-0.1, -0.05) is 24.3 Å². The lowest BCUT2D eigenvalue weighted by Crippen LogP contribution is -2.93. The zero-order valence-corrected chi connectivity index (χ0v) is 17.2. The first-order chi connectivity index (χ1) is 14.5. The third-order valence-electron chi connectivity index (χ3n) is 5.39. The number of thiophene rings is 1. The molecule has 9 heteroatoms. The molecule has 30 heavy (non-hydrogen) atoms. The van der Waals surface area contributed by atoms with E-state index in [1.54, 1.807) is 11.0 Å². The number of hydrogen-bond donors (Lipinski definition) is 4. The SMILES string of the molecule is NC(=O)[C@@H](Cc1c[nH]c2ccccc12)NC(=O)[C@H]1C[NH2+]CCN1C(=O)c1cccs1. The molecule has 0 saturated carbocycles. The molecule has 3 amide bonds. The average Bonchev–Trinajstić information content (AvgIpc) is 3.43. The van der Waals surface area contributed by atoms with Gasteiger partial charge in [0.2, 0.25) is 11.8 Å². The molecule has 4 rings (SSSR count). The molecule has 1 aliphatic rings. The van der Waals surface area contributed by atoms with Crippen molar-refractivity contribution in [2.75, 3.05) is 19.6 Å². The lowest BCUT2D eigenvalue weighted by molar-refractivity contribution is -0.665. The van der Waals surface area contributed by atoms with Gasteiger partial charge in [0.25, 0.3) is 5.91 Å². The van der Waals surface area contributed by atoms with Crippen LogP contribution in [-0.2, 0) is 16.0 Å². The summed E-state index contributed by atoms with van der Waals surface area (Å²) in [5.41, 5.74) is 7.45. The number of rotatable bonds is 6. The molecular formula is C21H24N5O3S+. The number of quaternary nitrogens is 1. The number of amides is 3. The van der Waals surface area contributed by atoms with Gasteiger partial charge in [-0.25, -0.2) is 0 Å². The van der Waals surface area contributed by atoms with E-state index in [9.17, 15) is 14.4 Å². The standard InChI is InChI=1S/C21H23N5O3S/c22-19(27)16(10-13-11-24-15-5-2-1-4-14(13)15)25-20(28)17-12-23-7-8-26(17)21(29)18-6-3-9-30-18/h1-6,9,11,16-17,23-24H,7-8,10,12H2,(H2,22,27)(H,25,28)/p+1/t16-,17-/m1/s1. The van der Waals surface area contributed by atoms with Gasteiger partial charge in [0.05, 0.1) is 18.0 Å². The molecule has 3 aromatic rings. The van der Waals surface area contributed by atoms with E-state index < -0.39 is 18.0 Å². The van der Waals surface area contributed by atoms with E-state index in [-0.39, 0.29) is 18.2 Å². The maximum Gasteiger partial charge on any atom is 0.264 e. The predicted molar refractivity (Wildman–Crippen MR) is 114 cm³/mol. The maximum absolute atomic E-state index is 13.1. The smallest absolute Gasteiger partial charge is 0.264 e. The molecule has 0 unspecified atom stereocenters. The third kappa shape index (κ3) is 4.07. The van der Waals surface area contributed by atoms with Crippen molar-refractivity contribution in [3.8, 4) is 0 Å². The van der Waals surface area contributed by atoms with Crippen molar-refractivity contribution in [1.82, 2.24) is 15.2 Å². The molecule has 2 atom stereocenters. The highest BCUT2D eigenvalue weighted by Crippen LogP contribution is 2.19. The summed E-state index contributed by atoms with van der Waals surface area (Å²) in [6, 6.07) is 9.80. The molecule has 3 heterocycles. The molecule has 0 radical (unpaired) electrons. The van der Waals surface area contributed by atoms with Crippen molar-refractivity contribution in [1.29, 1.82) is 0 Å². The van der Waals surface area contributed by atoms with Crippen molar-refractivity contribution in [3.63, 3.8) is 0 Å². The van der Waals surface area contributed by atoms with Crippen molar-refractivity contribution < 1.29 is 19.7 Å². The Balaban J connectivity index is 1.50. The van der Waals surface area contributed by atoms with Crippen molar-refractivity contribution in [3.05, 3.63) is 58.4 Å². The highest BCUT2D eigenvalue weighted by molar-refractivity contribution is 7.12. The fraction of sp³-hybridized carbons (Fsp3) is 0.286. The van der Waals surface area contributed by atoms with Crippen LogP contribution in [0.15, 0.2) is 48.0 Å². The van der Waals surface area contributed by atoms with Gasteiger partial charge < -0.3 is 26.3 Å². The molecule has 0 bridgehead atoms. The van der Waals surface area contributed by atoms with Gasteiger partial charge in [0.1, 0.15) is 12.6 Å². The third-order valence-corrected chi connectivity index (χ3v) is 6.25. The number of fused-ring (bicyclic) bond motifs is 1. The number of nitrogens with zero attached hydrogens (tertiary/aromatic N) is 1. The van der Waals surface area contributed by atoms with Gasteiger partial charge in [0, 0.05) is 23.5 Å². The zero-order chi connectivity index (χ0) is 21.1. The monoisotopic (exact) mass is 426 g/mol. The first kappa shape index (κ1) is 20.1. The van der Waals surface area contributed by atoms with Crippen LogP contribution in [0.5, 0.6) is 0 Å². The maximum atomic E-state index is 13.1. The molecule has 1 aliphatic heterocycles. The van der Waals surface area contributed by atoms with Crippen LogP contribution in [0.25, 0.3) is 10.9 Å². The predicted octanol–water partition coefficient (Wildman–Crippen LogP) is -0.170. The topological polar surface area (TPSA) is 125 Å². The molecule has 1 fully saturated rings. The van der Waals surface area contributed by atoms with Gasteiger partial charge >= 0.3 is 0 Å². The summed E-state index contributed by atoms with van der Waals surface area (Å²) >= 11 is 1.35. The summed E-state index contributed by atoms with van der Waals surface area (Å²) in [5, 5.41) is 7.60. The van der Waals surface area contributed by atoms with Gasteiger partial charge in [-0.15, -0.1) is 11.3 Å². The first-order valence-corrected chi connectivity index (χ1v) is 10.7. The fourth-order valence-electron chi connectivity index (χ4n) is 3.83. The summed E-state index contributed by atoms with van der Waals surface area (Å²) in [5.74, 6) is -1.13. The van der Waals surface area contributed by atoms with Crippen LogP contribution < -0.4 is 16.4 Å². The number of hydrogen-bond acceptors (Lipinski definition) is 4. The van der Waals surface area contributed by atoms with Crippen LogP contribution >= 0.6 is 11.3 Å². The van der Waals surface area contributed by atoms with Gasteiger partial charge in [0.15, 0.2) is 6.04 Å². The van der Waals surface area contributed by atoms with E-state index in [2.05, 4.69) is 10.3 Å². The zero-order valence-electron chi connectivity index (χ0n) is 16.3. The van der Waals surface area contributed by atoms with E-state index in [0.29, 0.717) is 18.0 Å². The number of carbonyl (C=O) groups is 3. The largest absolute Gasteiger partial charge is 0.368 e. The Hall–Kier alpha value is -3.17. The number of nitrogens with two attached hydrogens (primary N) is 2. The molecule has 1 aromatic carbocycles. The lowest BCUT2D eigenvalue weighted by atomic mass is 10.0. The average molecular weight is 427 g/mol. The number of nitrogens with one attached hydrogen (secondary N) is 2. The molecule has 8 nitrogen and oxygen atoms in total. The lowest BCUT2D eigenvalue weighted by Gasteiger charge is -2.33. The minimum Gasteiger partial charge on any atom is -0.368 e. The molecule has 2 aromatic heterocycles. The number of carbonyl (C=O) groups excluding carboxylic acids is 3. The van der Waals surface area contributed by atoms with Crippen LogP contribution in [0.4, 0.5) is 0 Å². The minimum absolute atomic E-state index is 0.162. The highest BCUT2D eigenvalue weighted by Gasteiger charge is 2.36. The van der Waals surface area contributed by atoms with E-state index in [1.165, 1.54) is 11.3 Å². The first-order valence-electron chi connectivity index (χ1n) is 9.85. The number of primary amides is 1. The number of piperazine rings is 1. The van der Waals surface area contributed by atoms with Crippen LogP contribution in [0.3, 0.4) is 0 Å². The second-order valence-electron chi connectivity index (χ2n) is 7.33. The second-order valence-corrected chi connectivity index (χ2v) is 8.28. The van der Waals surface area contributed by atoms with Crippen LogP contribution in [0.1, 0.15) is 15.2 Å². The molecule has 6 N–H and O–H groups in total. The van der Waals surface area contributed by atoms with E-state index in [0.717, 1.165) is 23.0 Å². The molecule has 0 aliphatic carbocycles. The highest BCUT2D eigenvalue weighted by atomic mass is 32.1. The molecule has 1 saturated heterocycles. The van der Waals surface area contributed by atoms with Crippen LogP contribution in [0.2, 0.25) is 0 Å². The summed E-state index contributed by atoms with van der Waals surface area (Å²) in [6.45, 7) is 1.65. The number of aromatic nitrogens is 1.